The summed E-state index contributed by atoms with van der Waals surface area (Å²) in [5.41, 5.74) is 3.03. The lowest BCUT2D eigenvalue weighted by Crippen LogP contribution is -2.45. The third-order valence-electron chi connectivity index (χ3n) is 3.90. The summed E-state index contributed by atoms with van der Waals surface area (Å²) in [5, 5.41) is 3.41. The highest BCUT2D eigenvalue weighted by Crippen LogP contribution is 2.18. The minimum absolute atomic E-state index is 0.365. The van der Waals surface area contributed by atoms with Crippen LogP contribution in [0.25, 0.3) is 0 Å². The molecule has 0 amide bonds. The maximum absolute atomic E-state index is 5.81. The molecular weight excluding hydrogens is 224 g/mol. The van der Waals surface area contributed by atoms with Gasteiger partial charge in [0.2, 0.25) is 0 Å². The Morgan fingerprint density at radius 3 is 3.00 bits per heavy atom. The molecule has 0 saturated carbocycles. The fraction of sp³-hybridized carbons (Fsp3) is 0.600. The molecule has 2 aliphatic rings. The highest BCUT2D eigenvalue weighted by Gasteiger charge is 2.20. The normalized spacial score (nSPS) is 25.4. The highest BCUT2D eigenvalue weighted by molar-refractivity contribution is 5.28. The zero-order valence-corrected chi connectivity index (χ0v) is 10.9. The lowest BCUT2D eigenvalue weighted by Gasteiger charge is -2.29. The Kier molecular flexibility index (Phi) is 3.93. The van der Waals surface area contributed by atoms with Crippen molar-refractivity contribution in [2.75, 3.05) is 32.8 Å². The molecule has 1 aromatic carbocycles. The zero-order chi connectivity index (χ0) is 12.2. The second-order valence-electron chi connectivity index (χ2n) is 5.30. The second-order valence-corrected chi connectivity index (χ2v) is 5.30. The van der Waals surface area contributed by atoms with Gasteiger partial charge >= 0.3 is 0 Å². The van der Waals surface area contributed by atoms with Crippen molar-refractivity contribution in [3.8, 4) is 0 Å². The first-order valence-electron chi connectivity index (χ1n) is 7.03. The van der Waals surface area contributed by atoms with Crippen molar-refractivity contribution in [3.05, 3.63) is 35.4 Å². The molecule has 0 radical (unpaired) electrons. The van der Waals surface area contributed by atoms with Crippen LogP contribution in [0.1, 0.15) is 17.5 Å². The highest BCUT2D eigenvalue weighted by atomic mass is 16.5. The van der Waals surface area contributed by atoms with E-state index in [0.29, 0.717) is 6.10 Å². The third kappa shape index (κ3) is 2.91. The predicted molar refractivity (Wildman–Crippen MR) is 72.6 cm³/mol. The Hall–Kier alpha value is -0.900. The smallest absolute Gasteiger partial charge is 0.0826 e. The molecule has 3 heteroatoms. The van der Waals surface area contributed by atoms with E-state index < -0.39 is 0 Å². The number of aryl methyl sites for hydroxylation is 1. The number of ether oxygens (including phenoxy) is 1. The summed E-state index contributed by atoms with van der Waals surface area (Å²) in [4.78, 5) is 2.55. The van der Waals surface area contributed by atoms with Crippen LogP contribution in [0.5, 0.6) is 0 Å². The number of fused-ring (bicyclic) bond motifs is 1. The summed E-state index contributed by atoms with van der Waals surface area (Å²) >= 11 is 0. The van der Waals surface area contributed by atoms with Crippen LogP contribution in [0, 0.1) is 0 Å². The fourth-order valence-electron chi connectivity index (χ4n) is 2.95. The molecule has 0 spiro atoms. The van der Waals surface area contributed by atoms with Gasteiger partial charge in [0, 0.05) is 26.2 Å². The number of hydrogen-bond donors (Lipinski definition) is 1. The van der Waals surface area contributed by atoms with Crippen LogP contribution in [-0.2, 0) is 17.7 Å². The Balaban J connectivity index is 1.63. The Morgan fingerprint density at radius 2 is 2.17 bits per heavy atom. The van der Waals surface area contributed by atoms with Crippen molar-refractivity contribution in [2.24, 2.45) is 0 Å². The number of benzene rings is 1. The molecule has 1 unspecified atom stereocenters. The lowest BCUT2D eigenvalue weighted by molar-refractivity contribution is 0.00424. The summed E-state index contributed by atoms with van der Waals surface area (Å²) in [6.07, 6.45) is 2.84. The van der Waals surface area contributed by atoms with Gasteiger partial charge in [-0.25, -0.2) is 0 Å². The molecule has 1 fully saturated rings. The minimum atomic E-state index is 0.365. The van der Waals surface area contributed by atoms with Gasteiger partial charge in [0.25, 0.3) is 0 Å². The SMILES string of the molecule is c1ccc2c(c1)CCCN(CC1CNCCO1)C2. The first-order valence-corrected chi connectivity index (χ1v) is 7.03. The molecule has 98 valence electrons. The number of hydrogen-bond acceptors (Lipinski definition) is 3. The average Bonchev–Trinajstić information content (AvgIpc) is 2.61. The van der Waals surface area contributed by atoms with Crippen LogP contribution in [0.2, 0.25) is 0 Å². The molecule has 1 saturated heterocycles. The molecule has 3 nitrogen and oxygen atoms in total. The van der Waals surface area contributed by atoms with Crippen molar-refractivity contribution in [3.63, 3.8) is 0 Å². The topological polar surface area (TPSA) is 24.5 Å². The molecular formula is C15H22N2O. The van der Waals surface area contributed by atoms with E-state index in [0.717, 1.165) is 32.8 Å². The van der Waals surface area contributed by atoms with Crippen molar-refractivity contribution in [2.45, 2.75) is 25.5 Å². The van der Waals surface area contributed by atoms with Gasteiger partial charge < -0.3 is 10.1 Å². The van der Waals surface area contributed by atoms with Gasteiger partial charge in [-0.3, -0.25) is 4.90 Å². The summed E-state index contributed by atoms with van der Waals surface area (Å²) in [6, 6.07) is 8.86. The maximum Gasteiger partial charge on any atom is 0.0826 e. The van der Waals surface area contributed by atoms with Crippen molar-refractivity contribution in [1.29, 1.82) is 0 Å². The van der Waals surface area contributed by atoms with Gasteiger partial charge in [-0.05, 0) is 30.5 Å². The molecule has 1 N–H and O–H groups in total. The molecule has 18 heavy (non-hydrogen) atoms. The first-order chi connectivity index (χ1) is 8.92. The Bertz CT molecular complexity index is 388. The number of nitrogens with zero attached hydrogens (tertiary/aromatic N) is 1. The van der Waals surface area contributed by atoms with E-state index in [-0.39, 0.29) is 0 Å². The van der Waals surface area contributed by atoms with E-state index in [4.69, 9.17) is 4.74 Å². The standard InChI is InChI=1S/C15H22N2O/c1-2-5-14-11-17(8-3-6-13(14)4-1)12-15-10-16-7-9-18-15/h1-2,4-5,15-16H,3,6-12H2. The quantitative estimate of drug-likeness (QED) is 0.854. The van der Waals surface area contributed by atoms with Gasteiger partial charge in [-0.15, -0.1) is 0 Å². The Labute approximate surface area is 109 Å². The number of rotatable bonds is 2. The van der Waals surface area contributed by atoms with E-state index in [2.05, 4.69) is 34.5 Å². The molecule has 1 atom stereocenters. The van der Waals surface area contributed by atoms with E-state index in [1.807, 2.05) is 0 Å². The lowest BCUT2D eigenvalue weighted by atomic mass is 10.0. The molecule has 0 aliphatic carbocycles. The van der Waals surface area contributed by atoms with Crippen molar-refractivity contribution < 1.29 is 4.74 Å². The maximum atomic E-state index is 5.81. The molecule has 0 aromatic heterocycles. The van der Waals surface area contributed by atoms with E-state index in [9.17, 15) is 0 Å². The van der Waals surface area contributed by atoms with Gasteiger partial charge in [-0.2, -0.15) is 0 Å². The van der Waals surface area contributed by atoms with E-state index in [1.165, 1.54) is 30.5 Å². The van der Waals surface area contributed by atoms with Crippen LogP contribution in [0.3, 0.4) is 0 Å². The van der Waals surface area contributed by atoms with Crippen LogP contribution in [0.4, 0.5) is 0 Å². The molecule has 3 rings (SSSR count). The zero-order valence-electron chi connectivity index (χ0n) is 10.9. The van der Waals surface area contributed by atoms with Gasteiger partial charge in [0.1, 0.15) is 0 Å². The van der Waals surface area contributed by atoms with Crippen molar-refractivity contribution >= 4 is 0 Å². The van der Waals surface area contributed by atoms with Crippen LogP contribution in [-0.4, -0.2) is 43.8 Å². The van der Waals surface area contributed by atoms with Crippen molar-refractivity contribution in [1.82, 2.24) is 10.2 Å². The number of nitrogens with one attached hydrogen (secondary N) is 1. The molecule has 0 bridgehead atoms. The summed E-state index contributed by atoms with van der Waals surface area (Å²) in [5.74, 6) is 0. The Morgan fingerprint density at radius 1 is 1.28 bits per heavy atom. The van der Waals surface area contributed by atoms with Gasteiger partial charge in [-0.1, -0.05) is 24.3 Å². The van der Waals surface area contributed by atoms with E-state index in [1.54, 1.807) is 0 Å². The minimum Gasteiger partial charge on any atom is -0.374 e. The summed E-state index contributed by atoms with van der Waals surface area (Å²) < 4.78 is 5.81. The summed E-state index contributed by atoms with van der Waals surface area (Å²) in [7, 11) is 0. The monoisotopic (exact) mass is 246 g/mol. The van der Waals surface area contributed by atoms with E-state index >= 15 is 0 Å². The predicted octanol–water partition coefficient (Wildman–Crippen LogP) is 1.42. The van der Waals surface area contributed by atoms with Crippen LogP contribution in [0.15, 0.2) is 24.3 Å². The third-order valence-corrected chi connectivity index (χ3v) is 3.90. The molecule has 2 aliphatic heterocycles. The second kappa shape index (κ2) is 5.83. The van der Waals surface area contributed by atoms with Gasteiger partial charge in [0.15, 0.2) is 0 Å². The first kappa shape index (κ1) is 12.2. The largest absolute Gasteiger partial charge is 0.374 e. The molecule has 1 aromatic rings. The number of morpholine rings is 1. The van der Waals surface area contributed by atoms with Gasteiger partial charge in [0.05, 0.1) is 12.7 Å². The molecule has 2 heterocycles. The fourth-order valence-corrected chi connectivity index (χ4v) is 2.95. The van der Waals surface area contributed by atoms with Crippen LogP contribution >= 0.6 is 0 Å². The average molecular weight is 246 g/mol. The van der Waals surface area contributed by atoms with Crippen LogP contribution < -0.4 is 5.32 Å². The summed E-state index contributed by atoms with van der Waals surface area (Å²) in [6.45, 7) is 6.18.